The Morgan fingerprint density at radius 1 is 1.47 bits per heavy atom. The SMILES string of the molecule is CN(C)C1(CNC(=O)c2cccnc2Cl)CCCC1. The molecule has 19 heavy (non-hydrogen) atoms. The third kappa shape index (κ3) is 3.07. The Labute approximate surface area is 119 Å². The highest BCUT2D eigenvalue weighted by Crippen LogP contribution is 2.33. The van der Waals surface area contributed by atoms with Gasteiger partial charge < -0.3 is 10.2 Å². The summed E-state index contributed by atoms with van der Waals surface area (Å²) >= 11 is 5.93. The van der Waals surface area contributed by atoms with E-state index in [1.165, 1.54) is 12.8 Å². The minimum absolute atomic E-state index is 0.0876. The number of halogens is 1. The van der Waals surface area contributed by atoms with Gasteiger partial charge >= 0.3 is 0 Å². The molecule has 1 amide bonds. The topological polar surface area (TPSA) is 45.2 Å². The molecule has 1 heterocycles. The molecule has 0 atom stereocenters. The monoisotopic (exact) mass is 281 g/mol. The van der Waals surface area contributed by atoms with Gasteiger partial charge in [0.25, 0.3) is 5.91 Å². The molecule has 1 aliphatic rings. The number of likely N-dealkylation sites (N-methyl/N-ethyl adjacent to an activating group) is 1. The van der Waals surface area contributed by atoms with Gasteiger partial charge in [-0.15, -0.1) is 0 Å². The molecule has 0 bridgehead atoms. The predicted octanol–water partition coefficient (Wildman–Crippen LogP) is 2.34. The summed E-state index contributed by atoms with van der Waals surface area (Å²) in [6, 6.07) is 3.42. The zero-order valence-electron chi connectivity index (χ0n) is 11.4. The number of carbonyl (C=O) groups excluding carboxylic acids is 1. The number of nitrogens with zero attached hydrogens (tertiary/aromatic N) is 2. The van der Waals surface area contributed by atoms with Crippen molar-refractivity contribution in [3.8, 4) is 0 Å². The van der Waals surface area contributed by atoms with Gasteiger partial charge in [-0.2, -0.15) is 0 Å². The molecule has 5 heteroatoms. The summed E-state index contributed by atoms with van der Waals surface area (Å²) in [5.74, 6) is -0.147. The second-order valence-electron chi connectivity index (χ2n) is 5.35. The van der Waals surface area contributed by atoms with Crippen LogP contribution >= 0.6 is 11.6 Å². The first-order valence-corrected chi connectivity index (χ1v) is 6.99. The predicted molar refractivity (Wildman–Crippen MR) is 76.5 cm³/mol. The maximum atomic E-state index is 12.1. The van der Waals surface area contributed by atoms with Gasteiger partial charge in [-0.1, -0.05) is 24.4 Å². The standard InChI is InChI=1S/C14H20ClN3O/c1-18(2)14(7-3-4-8-14)10-17-13(19)11-6-5-9-16-12(11)15/h5-6,9H,3-4,7-8,10H2,1-2H3,(H,17,19). The van der Waals surface area contributed by atoms with Crippen LogP contribution in [0.1, 0.15) is 36.0 Å². The van der Waals surface area contributed by atoms with Crippen LogP contribution in [0.25, 0.3) is 0 Å². The molecule has 0 radical (unpaired) electrons. The van der Waals surface area contributed by atoms with Gasteiger partial charge in [-0.3, -0.25) is 4.79 Å². The molecule has 1 aliphatic carbocycles. The summed E-state index contributed by atoms with van der Waals surface area (Å²) in [5.41, 5.74) is 0.528. The lowest BCUT2D eigenvalue weighted by Gasteiger charge is -2.36. The molecule has 104 valence electrons. The van der Waals surface area contributed by atoms with Crippen LogP contribution in [-0.2, 0) is 0 Å². The van der Waals surface area contributed by atoms with Crippen molar-refractivity contribution in [1.29, 1.82) is 0 Å². The van der Waals surface area contributed by atoms with E-state index in [0.717, 1.165) is 12.8 Å². The Morgan fingerprint density at radius 2 is 2.16 bits per heavy atom. The van der Waals surface area contributed by atoms with Crippen LogP contribution in [0.4, 0.5) is 0 Å². The lowest BCUT2D eigenvalue weighted by atomic mass is 9.96. The van der Waals surface area contributed by atoms with Gasteiger partial charge in [0.2, 0.25) is 0 Å². The molecule has 1 aromatic heterocycles. The summed E-state index contributed by atoms with van der Waals surface area (Å²) < 4.78 is 0. The van der Waals surface area contributed by atoms with Gasteiger partial charge in [-0.05, 0) is 39.1 Å². The second kappa shape index (κ2) is 5.88. The van der Waals surface area contributed by atoms with Crippen molar-refractivity contribution < 1.29 is 4.79 Å². The average molecular weight is 282 g/mol. The highest BCUT2D eigenvalue weighted by molar-refractivity contribution is 6.32. The van der Waals surface area contributed by atoms with Crippen LogP contribution in [-0.4, -0.2) is 42.0 Å². The summed E-state index contributed by atoms with van der Waals surface area (Å²) in [6.07, 6.45) is 6.28. The molecule has 1 saturated carbocycles. The van der Waals surface area contributed by atoms with Gasteiger partial charge in [0.05, 0.1) is 5.56 Å². The van der Waals surface area contributed by atoms with E-state index in [0.29, 0.717) is 12.1 Å². The van der Waals surface area contributed by atoms with Crippen LogP contribution in [0, 0.1) is 0 Å². The van der Waals surface area contributed by atoms with Gasteiger partial charge in [0.1, 0.15) is 5.15 Å². The number of carbonyl (C=O) groups is 1. The van der Waals surface area contributed by atoms with Crippen LogP contribution in [0.2, 0.25) is 5.15 Å². The highest BCUT2D eigenvalue weighted by atomic mass is 35.5. The first-order valence-electron chi connectivity index (χ1n) is 6.61. The Morgan fingerprint density at radius 3 is 2.74 bits per heavy atom. The zero-order valence-corrected chi connectivity index (χ0v) is 12.2. The molecule has 0 aliphatic heterocycles. The number of pyridine rings is 1. The zero-order chi connectivity index (χ0) is 13.9. The van der Waals surface area contributed by atoms with E-state index in [4.69, 9.17) is 11.6 Å². The van der Waals surface area contributed by atoms with Crippen molar-refractivity contribution in [3.63, 3.8) is 0 Å². The minimum atomic E-state index is -0.147. The Hall–Kier alpha value is -1.13. The number of nitrogens with one attached hydrogen (secondary N) is 1. The third-order valence-electron chi connectivity index (χ3n) is 4.06. The van der Waals surface area contributed by atoms with E-state index in [1.54, 1.807) is 18.3 Å². The summed E-state index contributed by atoms with van der Waals surface area (Å²) in [4.78, 5) is 18.3. The number of hydrogen-bond donors (Lipinski definition) is 1. The van der Waals surface area contributed by atoms with Crippen molar-refractivity contribution in [3.05, 3.63) is 29.0 Å². The molecule has 0 saturated heterocycles. The maximum absolute atomic E-state index is 12.1. The Balaban J connectivity index is 2.02. The molecule has 2 rings (SSSR count). The third-order valence-corrected chi connectivity index (χ3v) is 4.37. The average Bonchev–Trinajstić information content (AvgIpc) is 2.86. The van der Waals surface area contributed by atoms with Crippen LogP contribution in [0.3, 0.4) is 0 Å². The van der Waals surface area contributed by atoms with Crippen LogP contribution in [0.5, 0.6) is 0 Å². The molecule has 1 aromatic rings. The number of amides is 1. The molecule has 1 fully saturated rings. The molecule has 0 unspecified atom stereocenters. The summed E-state index contributed by atoms with van der Waals surface area (Å²) in [7, 11) is 4.16. The van der Waals surface area contributed by atoms with E-state index in [9.17, 15) is 4.79 Å². The molecule has 4 nitrogen and oxygen atoms in total. The first-order chi connectivity index (χ1) is 9.05. The second-order valence-corrected chi connectivity index (χ2v) is 5.71. The van der Waals surface area contributed by atoms with E-state index < -0.39 is 0 Å². The van der Waals surface area contributed by atoms with E-state index in [1.807, 2.05) is 0 Å². The smallest absolute Gasteiger partial charge is 0.254 e. The van der Waals surface area contributed by atoms with Crippen molar-refractivity contribution in [2.24, 2.45) is 0 Å². The van der Waals surface area contributed by atoms with Gasteiger partial charge in [0, 0.05) is 18.3 Å². The number of rotatable bonds is 4. The first kappa shape index (κ1) is 14.3. The van der Waals surface area contributed by atoms with Crippen LogP contribution in [0.15, 0.2) is 18.3 Å². The van der Waals surface area contributed by atoms with E-state index >= 15 is 0 Å². The molecular formula is C14H20ClN3O. The number of aromatic nitrogens is 1. The van der Waals surface area contributed by atoms with E-state index in [2.05, 4.69) is 29.3 Å². The largest absolute Gasteiger partial charge is 0.350 e. The minimum Gasteiger partial charge on any atom is -0.350 e. The van der Waals surface area contributed by atoms with Crippen molar-refractivity contribution in [2.75, 3.05) is 20.6 Å². The lowest BCUT2D eigenvalue weighted by Crippen LogP contribution is -2.50. The van der Waals surface area contributed by atoms with Gasteiger partial charge in [0.15, 0.2) is 0 Å². The molecule has 1 N–H and O–H groups in total. The maximum Gasteiger partial charge on any atom is 0.254 e. The molecular weight excluding hydrogens is 262 g/mol. The lowest BCUT2D eigenvalue weighted by molar-refractivity contribution is 0.0900. The van der Waals surface area contributed by atoms with Crippen molar-refractivity contribution in [1.82, 2.24) is 15.2 Å². The molecule has 0 aromatic carbocycles. The van der Waals surface area contributed by atoms with Crippen LogP contribution < -0.4 is 5.32 Å². The normalized spacial score (nSPS) is 17.7. The fourth-order valence-corrected chi connectivity index (χ4v) is 2.92. The quantitative estimate of drug-likeness (QED) is 0.862. The fourth-order valence-electron chi connectivity index (χ4n) is 2.71. The van der Waals surface area contributed by atoms with Gasteiger partial charge in [-0.25, -0.2) is 4.98 Å². The summed E-state index contributed by atoms with van der Waals surface area (Å²) in [6.45, 7) is 0.657. The number of hydrogen-bond acceptors (Lipinski definition) is 3. The highest BCUT2D eigenvalue weighted by Gasteiger charge is 2.36. The Bertz CT molecular complexity index is 456. The van der Waals surface area contributed by atoms with Crippen molar-refractivity contribution in [2.45, 2.75) is 31.2 Å². The molecule has 0 spiro atoms. The van der Waals surface area contributed by atoms with E-state index in [-0.39, 0.29) is 16.6 Å². The fraction of sp³-hybridized carbons (Fsp3) is 0.571. The summed E-state index contributed by atoms with van der Waals surface area (Å²) in [5, 5.41) is 3.25. The van der Waals surface area contributed by atoms with Crippen molar-refractivity contribution >= 4 is 17.5 Å². The Kier molecular flexibility index (Phi) is 4.42.